The molecule has 0 fully saturated rings. The third-order valence-electron chi connectivity index (χ3n) is 2.15. The summed E-state index contributed by atoms with van der Waals surface area (Å²) in [5.41, 5.74) is 0. The molecule has 100 valence electrons. The van der Waals surface area contributed by atoms with E-state index in [1.54, 1.807) is 18.2 Å². The highest BCUT2D eigenvalue weighted by atomic mass is 79.9. The number of benzene rings is 1. The standard InChI is InChI=1S/C12H10BrCl2N3O/c1-2-16-11-10(13)12(18-6-17-11)19-9-4-7(14)3-8(15)5-9/h3-6H,2H2,1H3,(H,16,17,18). The van der Waals surface area contributed by atoms with Gasteiger partial charge in [0.05, 0.1) is 0 Å². The molecule has 0 saturated heterocycles. The van der Waals surface area contributed by atoms with Crippen molar-refractivity contribution in [2.24, 2.45) is 0 Å². The SMILES string of the molecule is CCNc1ncnc(Oc2cc(Cl)cc(Cl)c2)c1Br. The van der Waals surface area contributed by atoms with Crippen LogP contribution in [-0.2, 0) is 0 Å². The van der Waals surface area contributed by atoms with Gasteiger partial charge in [-0.3, -0.25) is 0 Å². The zero-order chi connectivity index (χ0) is 13.8. The molecule has 1 heterocycles. The van der Waals surface area contributed by atoms with Crippen LogP contribution in [0.15, 0.2) is 29.0 Å². The minimum Gasteiger partial charge on any atom is -0.438 e. The first-order valence-corrected chi connectivity index (χ1v) is 7.03. The van der Waals surface area contributed by atoms with E-state index in [1.165, 1.54) is 6.33 Å². The molecular formula is C12H10BrCl2N3O. The van der Waals surface area contributed by atoms with Gasteiger partial charge in [-0.15, -0.1) is 0 Å². The fourth-order valence-electron chi connectivity index (χ4n) is 1.41. The van der Waals surface area contributed by atoms with E-state index < -0.39 is 0 Å². The number of hydrogen-bond acceptors (Lipinski definition) is 4. The van der Waals surface area contributed by atoms with Crippen molar-refractivity contribution in [3.05, 3.63) is 39.0 Å². The van der Waals surface area contributed by atoms with Gasteiger partial charge in [0.25, 0.3) is 0 Å². The van der Waals surface area contributed by atoms with Gasteiger partial charge in [0.15, 0.2) is 0 Å². The lowest BCUT2D eigenvalue weighted by Gasteiger charge is -2.10. The van der Waals surface area contributed by atoms with E-state index in [2.05, 4.69) is 31.2 Å². The quantitative estimate of drug-likeness (QED) is 0.850. The van der Waals surface area contributed by atoms with Crippen LogP contribution in [-0.4, -0.2) is 16.5 Å². The summed E-state index contributed by atoms with van der Waals surface area (Å²) in [5.74, 6) is 1.57. The molecule has 1 aromatic heterocycles. The van der Waals surface area contributed by atoms with Crippen LogP contribution in [0.25, 0.3) is 0 Å². The molecule has 0 saturated carbocycles. The molecule has 0 aliphatic carbocycles. The predicted octanol–water partition coefficient (Wildman–Crippen LogP) is 4.77. The van der Waals surface area contributed by atoms with Gasteiger partial charge < -0.3 is 10.1 Å². The number of nitrogens with one attached hydrogen (secondary N) is 1. The number of aromatic nitrogens is 2. The zero-order valence-electron chi connectivity index (χ0n) is 9.95. The van der Waals surface area contributed by atoms with Crippen LogP contribution in [0.4, 0.5) is 5.82 Å². The fraction of sp³-hybridized carbons (Fsp3) is 0.167. The zero-order valence-corrected chi connectivity index (χ0v) is 13.1. The number of nitrogens with zero attached hydrogens (tertiary/aromatic N) is 2. The van der Waals surface area contributed by atoms with Crippen molar-refractivity contribution in [2.45, 2.75) is 6.92 Å². The summed E-state index contributed by atoms with van der Waals surface area (Å²) >= 11 is 15.2. The van der Waals surface area contributed by atoms with E-state index in [1.807, 2.05) is 6.92 Å². The largest absolute Gasteiger partial charge is 0.438 e. The van der Waals surface area contributed by atoms with Crippen LogP contribution < -0.4 is 10.1 Å². The summed E-state index contributed by atoms with van der Waals surface area (Å²) < 4.78 is 6.30. The molecule has 0 unspecified atom stereocenters. The Balaban J connectivity index is 2.30. The first-order valence-electron chi connectivity index (χ1n) is 5.48. The minimum absolute atomic E-state index is 0.393. The van der Waals surface area contributed by atoms with Crippen LogP contribution in [0.2, 0.25) is 10.0 Å². The molecule has 0 aliphatic heterocycles. The second-order valence-corrected chi connectivity index (χ2v) is 5.24. The van der Waals surface area contributed by atoms with Gasteiger partial charge in [-0.25, -0.2) is 9.97 Å². The first-order chi connectivity index (χ1) is 9.10. The van der Waals surface area contributed by atoms with E-state index in [0.29, 0.717) is 32.0 Å². The van der Waals surface area contributed by atoms with Crippen LogP contribution in [0.3, 0.4) is 0 Å². The highest BCUT2D eigenvalue weighted by Gasteiger charge is 2.11. The molecule has 0 spiro atoms. The van der Waals surface area contributed by atoms with Crippen LogP contribution in [0.1, 0.15) is 6.92 Å². The van der Waals surface area contributed by atoms with Crippen molar-refractivity contribution >= 4 is 44.9 Å². The summed E-state index contributed by atoms with van der Waals surface area (Å²) in [7, 11) is 0. The van der Waals surface area contributed by atoms with E-state index in [9.17, 15) is 0 Å². The summed E-state index contributed by atoms with van der Waals surface area (Å²) in [6.07, 6.45) is 1.42. The normalized spacial score (nSPS) is 10.3. The Hall–Kier alpha value is -1.04. The highest BCUT2D eigenvalue weighted by molar-refractivity contribution is 9.10. The number of halogens is 3. The third-order valence-corrected chi connectivity index (χ3v) is 3.30. The Bertz CT molecular complexity index is 575. The van der Waals surface area contributed by atoms with E-state index in [-0.39, 0.29) is 0 Å². The van der Waals surface area contributed by atoms with Gasteiger partial charge in [-0.05, 0) is 41.1 Å². The molecule has 1 aromatic carbocycles. The van der Waals surface area contributed by atoms with Crippen molar-refractivity contribution in [3.8, 4) is 11.6 Å². The summed E-state index contributed by atoms with van der Waals surface area (Å²) in [6, 6.07) is 4.96. The van der Waals surface area contributed by atoms with Gasteiger partial charge in [0.1, 0.15) is 22.4 Å². The molecule has 0 bridgehead atoms. The lowest BCUT2D eigenvalue weighted by atomic mass is 10.3. The topological polar surface area (TPSA) is 47.0 Å². The van der Waals surface area contributed by atoms with Crippen molar-refractivity contribution in [1.82, 2.24) is 9.97 Å². The molecule has 0 atom stereocenters. The van der Waals surface area contributed by atoms with Gasteiger partial charge >= 0.3 is 0 Å². The number of hydrogen-bond donors (Lipinski definition) is 1. The highest BCUT2D eigenvalue weighted by Crippen LogP contribution is 2.33. The third kappa shape index (κ3) is 3.72. The second-order valence-electron chi connectivity index (χ2n) is 3.58. The lowest BCUT2D eigenvalue weighted by Crippen LogP contribution is -2.02. The first kappa shape index (κ1) is 14.4. The molecule has 7 heteroatoms. The molecule has 2 rings (SSSR count). The van der Waals surface area contributed by atoms with Crippen molar-refractivity contribution < 1.29 is 4.74 Å². The Morgan fingerprint density at radius 3 is 2.53 bits per heavy atom. The van der Waals surface area contributed by atoms with Gasteiger partial charge in [-0.1, -0.05) is 23.2 Å². The Labute approximate surface area is 129 Å². The minimum atomic E-state index is 0.393. The van der Waals surface area contributed by atoms with Crippen LogP contribution in [0, 0.1) is 0 Å². The molecule has 0 aliphatic rings. The van der Waals surface area contributed by atoms with Gasteiger partial charge in [0.2, 0.25) is 5.88 Å². The smallest absolute Gasteiger partial charge is 0.238 e. The van der Waals surface area contributed by atoms with Crippen LogP contribution in [0.5, 0.6) is 11.6 Å². The van der Waals surface area contributed by atoms with E-state index >= 15 is 0 Å². The molecule has 0 radical (unpaired) electrons. The van der Waals surface area contributed by atoms with Crippen LogP contribution >= 0.6 is 39.1 Å². The maximum Gasteiger partial charge on any atom is 0.238 e. The maximum absolute atomic E-state index is 5.92. The molecule has 0 amide bonds. The van der Waals surface area contributed by atoms with E-state index in [4.69, 9.17) is 27.9 Å². The average molecular weight is 363 g/mol. The monoisotopic (exact) mass is 361 g/mol. The van der Waals surface area contributed by atoms with Crippen molar-refractivity contribution in [3.63, 3.8) is 0 Å². The lowest BCUT2D eigenvalue weighted by molar-refractivity contribution is 0.458. The molecule has 19 heavy (non-hydrogen) atoms. The Morgan fingerprint density at radius 1 is 1.21 bits per heavy atom. The number of ether oxygens (including phenoxy) is 1. The fourth-order valence-corrected chi connectivity index (χ4v) is 2.35. The summed E-state index contributed by atoms with van der Waals surface area (Å²) in [6.45, 7) is 2.73. The average Bonchev–Trinajstić information content (AvgIpc) is 2.33. The molecule has 4 nitrogen and oxygen atoms in total. The maximum atomic E-state index is 5.92. The summed E-state index contributed by atoms with van der Waals surface area (Å²) in [4.78, 5) is 8.17. The van der Waals surface area contributed by atoms with Gasteiger partial charge in [-0.2, -0.15) is 0 Å². The van der Waals surface area contributed by atoms with E-state index in [0.717, 1.165) is 6.54 Å². The Morgan fingerprint density at radius 2 is 1.89 bits per heavy atom. The Kier molecular flexibility index (Phi) is 4.85. The number of anilines is 1. The molecule has 2 aromatic rings. The second kappa shape index (κ2) is 6.41. The van der Waals surface area contributed by atoms with Gasteiger partial charge in [0, 0.05) is 16.6 Å². The predicted molar refractivity (Wildman–Crippen MR) is 80.4 cm³/mol. The molecule has 1 N–H and O–H groups in total. The number of rotatable bonds is 4. The van der Waals surface area contributed by atoms with Crippen molar-refractivity contribution in [2.75, 3.05) is 11.9 Å². The summed E-state index contributed by atoms with van der Waals surface area (Å²) in [5, 5.41) is 4.09. The van der Waals surface area contributed by atoms with Crippen molar-refractivity contribution in [1.29, 1.82) is 0 Å². The molecular weight excluding hydrogens is 353 g/mol.